The number of hydrogen-bond donors (Lipinski definition) is 1. The zero-order valence-corrected chi connectivity index (χ0v) is 12.6. The van der Waals surface area contributed by atoms with Crippen LogP contribution in [0.5, 0.6) is 5.75 Å². The first kappa shape index (κ1) is 13.9. The van der Waals surface area contributed by atoms with E-state index >= 15 is 0 Å². The van der Waals surface area contributed by atoms with Gasteiger partial charge in [0.25, 0.3) is 0 Å². The van der Waals surface area contributed by atoms with Gasteiger partial charge < -0.3 is 14.8 Å². The van der Waals surface area contributed by atoms with Gasteiger partial charge in [-0.05, 0) is 62.3 Å². The molecule has 1 heterocycles. The molecule has 110 valence electrons. The lowest BCUT2D eigenvalue weighted by Gasteiger charge is -2.31. The molecule has 1 N–H and O–H groups in total. The Balaban J connectivity index is 1.72. The highest BCUT2D eigenvalue weighted by Crippen LogP contribution is 2.33. The lowest BCUT2D eigenvalue weighted by Crippen LogP contribution is -2.39. The topological polar surface area (TPSA) is 30.5 Å². The highest BCUT2D eigenvalue weighted by molar-refractivity contribution is 5.39. The number of hydrogen-bond acceptors (Lipinski definition) is 3. The number of methoxy groups -OCH3 is 1. The minimum atomic E-state index is 0.0243. The summed E-state index contributed by atoms with van der Waals surface area (Å²) in [5.74, 6) is 0.959. The highest BCUT2D eigenvalue weighted by Gasteiger charge is 2.31. The number of aryl methyl sites for hydroxylation is 1. The molecule has 1 aromatic rings. The fourth-order valence-electron chi connectivity index (χ4n) is 3.43. The van der Waals surface area contributed by atoms with Gasteiger partial charge in [0.05, 0.1) is 12.7 Å². The van der Waals surface area contributed by atoms with Crippen LogP contribution in [0.4, 0.5) is 0 Å². The van der Waals surface area contributed by atoms with Gasteiger partial charge in [0, 0.05) is 19.2 Å². The van der Waals surface area contributed by atoms with Crippen LogP contribution < -0.4 is 10.1 Å². The largest absolute Gasteiger partial charge is 0.497 e. The molecule has 2 unspecified atom stereocenters. The summed E-state index contributed by atoms with van der Waals surface area (Å²) in [5, 5.41) is 3.73. The molecule has 2 aliphatic rings. The number of nitrogens with one attached hydrogen (secondary N) is 1. The second-order valence-electron chi connectivity index (χ2n) is 6.29. The maximum absolute atomic E-state index is 5.88. The van der Waals surface area contributed by atoms with Crippen LogP contribution in [-0.4, -0.2) is 25.9 Å². The van der Waals surface area contributed by atoms with Gasteiger partial charge in [-0.15, -0.1) is 0 Å². The fourth-order valence-corrected chi connectivity index (χ4v) is 3.43. The Bertz CT molecular complexity index is 466. The van der Waals surface area contributed by atoms with E-state index in [0.717, 1.165) is 25.3 Å². The van der Waals surface area contributed by atoms with Gasteiger partial charge in [-0.1, -0.05) is 6.07 Å². The van der Waals surface area contributed by atoms with Gasteiger partial charge in [0.15, 0.2) is 0 Å². The molecule has 1 aliphatic heterocycles. The summed E-state index contributed by atoms with van der Waals surface area (Å²) >= 11 is 0. The van der Waals surface area contributed by atoms with E-state index in [-0.39, 0.29) is 5.60 Å². The zero-order valence-electron chi connectivity index (χ0n) is 12.6. The second-order valence-corrected chi connectivity index (χ2v) is 6.29. The summed E-state index contributed by atoms with van der Waals surface area (Å²) in [6.07, 6.45) is 6.00. The van der Waals surface area contributed by atoms with Crippen molar-refractivity contribution in [3.63, 3.8) is 0 Å². The van der Waals surface area contributed by atoms with Crippen LogP contribution in [-0.2, 0) is 11.2 Å². The van der Waals surface area contributed by atoms with Crippen molar-refractivity contribution in [2.24, 2.45) is 0 Å². The van der Waals surface area contributed by atoms with Crippen LogP contribution in [0.2, 0.25) is 0 Å². The summed E-state index contributed by atoms with van der Waals surface area (Å²) in [6, 6.07) is 6.93. The molecule has 1 fully saturated rings. The molecule has 0 saturated carbocycles. The summed E-state index contributed by atoms with van der Waals surface area (Å²) in [4.78, 5) is 0. The third kappa shape index (κ3) is 2.84. The molecule has 0 bridgehead atoms. The van der Waals surface area contributed by atoms with Crippen LogP contribution >= 0.6 is 0 Å². The Morgan fingerprint density at radius 2 is 2.30 bits per heavy atom. The first-order valence-electron chi connectivity index (χ1n) is 7.74. The van der Waals surface area contributed by atoms with Gasteiger partial charge in [0.1, 0.15) is 5.75 Å². The summed E-state index contributed by atoms with van der Waals surface area (Å²) in [6.45, 7) is 4.07. The standard InChI is InChI=1S/C17H25NO2/c1-17(9-4-10-20-17)12-18-16-6-3-5-13-7-8-14(19-2)11-15(13)16/h7-8,11,16,18H,3-6,9-10,12H2,1-2H3. The molecule has 0 radical (unpaired) electrons. The first-order valence-corrected chi connectivity index (χ1v) is 7.74. The van der Waals surface area contributed by atoms with Crippen LogP contribution in [0.25, 0.3) is 0 Å². The van der Waals surface area contributed by atoms with Crippen LogP contribution in [0, 0.1) is 0 Å². The van der Waals surface area contributed by atoms with Crippen molar-refractivity contribution in [1.29, 1.82) is 0 Å². The maximum Gasteiger partial charge on any atom is 0.119 e. The summed E-state index contributed by atoms with van der Waals surface area (Å²) in [5.41, 5.74) is 2.90. The van der Waals surface area contributed by atoms with Crippen LogP contribution in [0.15, 0.2) is 18.2 Å². The van der Waals surface area contributed by atoms with Gasteiger partial charge in [-0.3, -0.25) is 0 Å². The second kappa shape index (κ2) is 5.74. The van der Waals surface area contributed by atoms with Crippen LogP contribution in [0.1, 0.15) is 49.8 Å². The molecule has 2 atom stereocenters. The number of rotatable bonds is 4. The monoisotopic (exact) mass is 275 g/mol. The number of benzene rings is 1. The molecule has 0 spiro atoms. The normalized spacial score (nSPS) is 29.2. The highest BCUT2D eigenvalue weighted by atomic mass is 16.5. The average Bonchev–Trinajstić information content (AvgIpc) is 2.91. The van der Waals surface area contributed by atoms with Gasteiger partial charge >= 0.3 is 0 Å². The minimum Gasteiger partial charge on any atom is -0.497 e. The van der Waals surface area contributed by atoms with Crippen molar-refractivity contribution in [3.8, 4) is 5.75 Å². The Hall–Kier alpha value is -1.06. The molecular formula is C17H25NO2. The van der Waals surface area contributed by atoms with Crippen molar-refractivity contribution in [2.45, 2.75) is 50.7 Å². The summed E-state index contributed by atoms with van der Waals surface area (Å²) < 4.78 is 11.3. The predicted molar refractivity (Wildman–Crippen MR) is 80.3 cm³/mol. The van der Waals surface area contributed by atoms with E-state index in [0.29, 0.717) is 6.04 Å². The van der Waals surface area contributed by atoms with E-state index in [1.807, 2.05) is 0 Å². The average molecular weight is 275 g/mol. The lowest BCUT2D eigenvalue weighted by atomic mass is 9.87. The number of fused-ring (bicyclic) bond motifs is 1. The molecule has 0 aromatic heterocycles. The zero-order chi connectivity index (χ0) is 14.0. The van der Waals surface area contributed by atoms with Crippen molar-refractivity contribution >= 4 is 0 Å². The molecule has 3 nitrogen and oxygen atoms in total. The van der Waals surface area contributed by atoms with Crippen LogP contribution in [0.3, 0.4) is 0 Å². The van der Waals surface area contributed by atoms with Crippen molar-refractivity contribution < 1.29 is 9.47 Å². The molecule has 20 heavy (non-hydrogen) atoms. The summed E-state index contributed by atoms with van der Waals surface area (Å²) in [7, 11) is 1.74. The van der Waals surface area contributed by atoms with Crippen molar-refractivity contribution in [1.82, 2.24) is 5.32 Å². The van der Waals surface area contributed by atoms with Crippen molar-refractivity contribution in [3.05, 3.63) is 29.3 Å². The molecule has 1 saturated heterocycles. The van der Waals surface area contributed by atoms with E-state index < -0.39 is 0 Å². The Morgan fingerprint density at radius 1 is 1.40 bits per heavy atom. The molecule has 1 aromatic carbocycles. The molecule has 0 amide bonds. The van der Waals surface area contributed by atoms with Gasteiger partial charge in [0.2, 0.25) is 0 Å². The molecule has 3 heteroatoms. The minimum absolute atomic E-state index is 0.0243. The lowest BCUT2D eigenvalue weighted by molar-refractivity contribution is 0.0183. The third-order valence-electron chi connectivity index (χ3n) is 4.69. The van der Waals surface area contributed by atoms with Gasteiger partial charge in [-0.2, -0.15) is 0 Å². The van der Waals surface area contributed by atoms with E-state index in [1.165, 1.54) is 36.8 Å². The van der Waals surface area contributed by atoms with E-state index in [1.54, 1.807) is 7.11 Å². The SMILES string of the molecule is COc1ccc2c(c1)C(NCC1(C)CCCO1)CCC2. The number of ether oxygens (including phenoxy) is 2. The Morgan fingerprint density at radius 3 is 3.05 bits per heavy atom. The third-order valence-corrected chi connectivity index (χ3v) is 4.69. The smallest absolute Gasteiger partial charge is 0.119 e. The van der Waals surface area contributed by atoms with E-state index in [9.17, 15) is 0 Å². The van der Waals surface area contributed by atoms with E-state index in [4.69, 9.17) is 9.47 Å². The maximum atomic E-state index is 5.88. The fraction of sp³-hybridized carbons (Fsp3) is 0.647. The van der Waals surface area contributed by atoms with E-state index in [2.05, 4.69) is 30.4 Å². The van der Waals surface area contributed by atoms with Crippen molar-refractivity contribution in [2.75, 3.05) is 20.3 Å². The Kier molecular flexibility index (Phi) is 3.99. The molecule has 3 rings (SSSR count). The molecule has 1 aliphatic carbocycles. The van der Waals surface area contributed by atoms with Gasteiger partial charge in [-0.25, -0.2) is 0 Å². The molecular weight excluding hydrogens is 250 g/mol. The Labute approximate surface area is 121 Å². The first-order chi connectivity index (χ1) is 9.70. The quantitative estimate of drug-likeness (QED) is 0.915. The predicted octanol–water partition coefficient (Wildman–Crippen LogP) is 3.23.